The number of aryl methyl sites for hydroxylation is 2. The van der Waals surface area contributed by atoms with E-state index >= 15 is 0 Å². The third-order valence-corrected chi connectivity index (χ3v) is 3.74. The third-order valence-electron chi connectivity index (χ3n) is 3.74. The average Bonchev–Trinajstić information content (AvgIpc) is 2.84. The van der Waals surface area contributed by atoms with Crippen LogP contribution in [-0.4, -0.2) is 10.9 Å². The molecule has 2 aromatic carbocycles. The molecular formula is C18H18N2O2. The second-order valence-corrected chi connectivity index (χ2v) is 5.34. The second kappa shape index (κ2) is 6.02. The van der Waals surface area contributed by atoms with Gasteiger partial charge in [-0.3, -0.25) is 4.79 Å². The fraction of sp³-hybridized carbons (Fsp3) is 0.222. The summed E-state index contributed by atoms with van der Waals surface area (Å²) in [6, 6.07) is 14.1. The number of fused-ring (bicyclic) bond motifs is 1. The topological polar surface area (TPSA) is 55.1 Å². The van der Waals surface area contributed by atoms with Gasteiger partial charge in [0.2, 0.25) is 11.8 Å². The first-order chi connectivity index (χ1) is 10.6. The predicted octanol–water partition coefficient (Wildman–Crippen LogP) is 3.30. The number of amides is 1. The zero-order valence-corrected chi connectivity index (χ0v) is 12.7. The summed E-state index contributed by atoms with van der Waals surface area (Å²) in [4.78, 5) is 16.4. The third kappa shape index (κ3) is 3.01. The smallest absolute Gasteiger partial charge is 0.224 e. The minimum Gasteiger partial charge on any atom is -0.444 e. The highest BCUT2D eigenvalue weighted by molar-refractivity contribution is 5.90. The number of rotatable bonds is 4. The largest absolute Gasteiger partial charge is 0.444 e. The first-order valence-electron chi connectivity index (χ1n) is 7.30. The van der Waals surface area contributed by atoms with Crippen LogP contribution >= 0.6 is 0 Å². The molecule has 22 heavy (non-hydrogen) atoms. The molecule has 1 heterocycles. The van der Waals surface area contributed by atoms with Gasteiger partial charge in [0.05, 0.1) is 18.7 Å². The maximum atomic E-state index is 12.1. The number of oxazole rings is 1. The molecule has 1 amide bonds. The lowest BCUT2D eigenvalue weighted by Gasteiger charge is -2.06. The molecule has 3 aromatic rings. The molecule has 0 aliphatic carbocycles. The Kier molecular flexibility index (Phi) is 3.92. The Morgan fingerprint density at radius 3 is 2.68 bits per heavy atom. The fourth-order valence-electron chi connectivity index (χ4n) is 2.47. The van der Waals surface area contributed by atoms with E-state index < -0.39 is 0 Å². The first kappa shape index (κ1) is 14.3. The quantitative estimate of drug-likeness (QED) is 0.803. The molecule has 0 spiro atoms. The van der Waals surface area contributed by atoms with Crippen molar-refractivity contribution in [2.24, 2.45) is 0 Å². The normalized spacial score (nSPS) is 10.8. The van der Waals surface area contributed by atoms with Crippen molar-refractivity contribution in [3.63, 3.8) is 0 Å². The Morgan fingerprint density at radius 2 is 1.91 bits per heavy atom. The van der Waals surface area contributed by atoms with Crippen molar-refractivity contribution in [1.29, 1.82) is 0 Å². The molecule has 1 N–H and O–H groups in total. The van der Waals surface area contributed by atoms with E-state index in [2.05, 4.69) is 22.4 Å². The van der Waals surface area contributed by atoms with Crippen molar-refractivity contribution in [2.45, 2.75) is 26.8 Å². The van der Waals surface area contributed by atoms with Gasteiger partial charge in [-0.2, -0.15) is 0 Å². The SMILES string of the molecule is Cc1nc(CNC(=O)Cc2cccc3ccccc23)oc1C. The van der Waals surface area contributed by atoms with Gasteiger partial charge in [-0.05, 0) is 30.2 Å². The number of nitrogens with zero attached hydrogens (tertiary/aromatic N) is 1. The lowest BCUT2D eigenvalue weighted by Crippen LogP contribution is -2.24. The van der Waals surface area contributed by atoms with E-state index in [-0.39, 0.29) is 5.91 Å². The first-order valence-corrected chi connectivity index (χ1v) is 7.30. The predicted molar refractivity (Wildman–Crippen MR) is 85.5 cm³/mol. The number of carbonyl (C=O) groups excluding carboxylic acids is 1. The van der Waals surface area contributed by atoms with Gasteiger partial charge in [0, 0.05) is 0 Å². The summed E-state index contributed by atoms with van der Waals surface area (Å²) in [6.45, 7) is 4.07. The Hall–Kier alpha value is -2.62. The minimum atomic E-state index is -0.0372. The van der Waals surface area contributed by atoms with E-state index in [9.17, 15) is 4.79 Å². The number of benzene rings is 2. The molecule has 0 bridgehead atoms. The minimum absolute atomic E-state index is 0.0372. The van der Waals surface area contributed by atoms with Crippen molar-refractivity contribution < 1.29 is 9.21 Å². The molecule has 112 valence electrons. The Bertz CT molecular complexity index is 796. The van der Waals surface area contributed by atoms with Crippen molar-refractivity contribution >= 4 is 16.7 Å². The van der Waals surface area contributed by atoms with Gasteiger partial charge in [-0.25, -0.2) is 4.98 Å². The lowest BCUT2D eigenvalue weighted by atomic mass is 10.0. The van der Waals surface area contributed by atoms with E-state index in [0.717, 1.165) is 27.8 Å². The highest BCUT2D eigenvalue weighted by Crippen LogP contribution is 2.18. The second-order valence-electron chi connectivity index (χ2n) is 5.34. The summed E-state index contributed by atoms with van der Waals surface area (Å²) in [5, 5.41) is 5.12. The number of nitrogens with one attached hydrogen (secondary N) is 1. The Labute approximate surface area is 129 Å². The summed E-state index contributed by atoms with van der Waals surface area (Å²) < 4.78 is 5.46. The van der Waals surface area contributed by atoms with Gasteiger partial charge in [-0.1, -0.05) is 42.5 Å². The average molecular weight is 294 g/mol. The Morgan fingerprint density at radius 1 is 1.14 bits per heavy atom. The van der Waals surface area contributed by atoms with Crippen molar-refractivity contribution in [2.75, 3.05) is 0 Å². The van der Waals surface area contributed by atoms with Crippen LogP contribution < -0.4 is 5.32 Å². The molecule has 0 aliphatic rings. The molecule has 0 aliphatic heterocycles. The van der Waals surface area contributed by atoms with E-state index in [0.29, 0.717) is 18.9 Å². The molecule has 4 heteroatoms. The number of hydrogen-bond donors (Lipinski definition) is 1. The summed E-state index contributed by atoms with van der Waals surface area (Å²) in [7, 11) is 0. The van der Waals surface area contributed by atoms with Crippen molar-refractivity contribution in [3.05, 3.63) is 65.4 Å². The van der Waals surface area contributed by atoms with Gasteiger partial charge in [0.15, 0.2) is 0 Å². The van der Waals surface area contributed by atoms with Crippen LogP contribution in [0.15, 0.2) is 46.9 Å². The van der Waals surface area contributed by atoms with Crippen LogP contribution in [0, 0.1) is 13.8 Å². The maximum Gasteiger partial charge on any atom is 0.224 e. The molecule has 4 nitrogen and oxygen atoms in total. The van der Waals surface area contributed by atoms with Gasteiger partial charge in [0.1, 0.15) is 5.76 Å². The molecule has 0 saturated heterocycles. The molecule has 0 radical (unpaired) electrons. The van der Waals surface area contributed by atoms with Gasteiger partial charge >= 0.3 is 0 Å². The van der Waals surface area contributed by atoms with Gasteiger partial charge in [-0.15, -0.1) is 0 Å². The van der Waals surface area contributed by atoms with E-state index in [1.54, 1.807) is 0 Å². The zero-order chi connectivity index (χ0) is 15.5. The monoisotopic (exact) mass is 294 g/mol. The summed E-state index contributed by atoms with van der Waals surface area (Å²) in [6.07, 6.45) is 0.347. The van der Waals surface area contributed by atoms with Gasteiger partial charge in [0.25, 0.3) is 0 Å². The Balaban J connectivity index is 1.68. The van der Waals surface area contributed by atoms with Crippen LogP contribution in [0.4, 0.5) is 0 Å². The van der Waals surface area contributed by atoms with Crippen LogP contribution in [0.1, 0.15) is 22.9 Å². The number of carbonyl (C=O) groups is 1. The van der Waals surface area contributed by atoms with Crippen LogP contribution in [0.5, 0.6) is 0 Å². The number of aromatic nitrogens is 1. The maximum absolute atomic E-state index is 12.1. The van der Waals surface area contributed by atoms with Crippen LogP contribution in [0.3, 0.4) is 0 Å². The molecule has 0 unspecified atom stereocenters. The fourth-order valence-corrected chi connectivity index (χ4v) is 2.47. The molecular weight excluding hydrogens is 276 g/mol. The van der Waals surface area contributed by atoms with Crippen LogP contribution in [0.25, 0.3) is 10.8 Å². The number of hydrogen-bond acceptors (Lipinski definition) is 3. The highest BCUT2D eigenvalue weighted by atomic mass is 16.4. The lowest BCUT2D eigenvalue weighted by molar-refractivity contribution is -0.120. The standard InChI is InChI=1S/C18H18N2O2/c1-12-13(2)22-18(20-12)11-19-17(21)10-15-8-5-7-14-6-3-4-9-16(14)15/h3-9H,10-11H2,1-2H3,(H,19,21). The summed E-state index contributed by atoms with van der Waals surface area (Å²) >= 11 is 0. The highest BCUT2D eigenvalue weighted by Gasteiger charge is 2.09. The summed E-state index contributed by atoms with van der Waals surface area (Å²) in [5.74, 6) is 1.30. The van der Waals surface area contributed by atoms with Crippen LogP contribution in [-0.2, 0) is 17.8 Å². The molecule has 0 saturated carbocycles. The zero-order valence-electron chi connectivity index (χ0n) is 12.7. The van der Waals surface area contributed by atoms with Crippen molar-refractivity contribution in [1.82, 2.24) is 10.3 Å². The molecule has 1 aromatic heterocycles. The summed E-state index contributed by atoms with van der Waals surface area (Å²) in [5.41, 5.74) is 1.88. The van der Waals surface area contributed by atoms with E-state index in [4.69, 9.17) is 4.42 Å². The molecule has 0 fully saturated rings. The van der Waals surface area contributed by atoms with E-state index in [1.165, 1.54) is 0 Å². The van der Waals surface area contributed by atoms with E-state index in [1.807, 2.05) is 44.2 Å². The van der Waals surface area contributed by atoms with Gasteiger partial charge < -0.3 is 9.73 Å². The van der Waals surface area contributed by atoms with Crippen LogP contribution in [0.2, 0.25) is 0 Å². The van der Waals surface area contributed by atoms with Crippen molar-refractivity contribution in [3.8, 4) is 0 Å². The molecule has 0 atom stereocenters. The molecule has 3 rings (SSSR count).